The number of esters is 1. The summed E-state index contributed by atoms with van der Waals surface area (Å²) < 4.78 is 15.4. The van der Waals surface area contributed by atoms with Crippen LogP contribution in [0.15, 0.2) is 0 Å². The van der Waals surface area contributed by atoms with Crippen LogP contribution in [-0.2, 0) is 19.0 Å². The van der Waals surface area contributed by atoms with E-state index in [-0.39, 0.29) is 11.9 Å². The highest BCUT2D eigenvalue weighted by molar-refractivity contribution is 5.72. The maximum absolute atomic E-state index is 11.7. The van der Waals surface area contributed by atoms with Gasteiger partial charge in [0, 0.05) is 20.2 Å². The Morgan fingerprint density at radius 1 is 1.33 bits per heavy atom. The van der Waals surface area contributed by atoms with E-state index in [9.17, 15) is 4.79 Å². The normalized spacial score (nSPS) is 20.9. The Bertz CT molecular complexity index is 235. The number of piperidine rings is 1. The van der Waals surface area contributed by atoms with Gasteiger partial charge in [0.1, 0.15) is 0 Å². The molecule has 0 radical (unpaired) electrons. The molecule has 0 amide bonds. The second-order valence-corrected chi connectivity index (χ2v) is 4.50. The van der Waals surface area contributed by atoms with Crippen molar-refractivity contribution in [1.82, 2.24) is 4.90 Å². The molecule has 0 aliphatic carbocycles. The fraction of sp³-hybridized carbons (Fsp3) is 0.923. The van der Waals surface area contributed by atoms with Crippen molar-refractivity contribution in [1.29, 1.82) is 0 Å². The van der Waals surface area contributed by atoms with E-state index in [4.69, 9.17) is 14.2 Å². The van der Waals surface area contributed by atoms with Crippen LogP contribution in [0.3, 0.4) is 0 Å². The Kier molecular flexibility index (Phi) is 7.96. The lowest BCUT2D eigenvalue weighted by Crippen LogP contribution is -2.41. The van der Waals surface area contributed by atoms with Crippen LogP contribution >= 0.6 is 0 Å². The maximum atomic E-state index is 11.7. The van der Waals surface area contributed by atoms with Crippen molar-refractivity contribution in [3.63, 3.8) is 0 Å². The number of nitrogens with zero attached hydrogens (tertiary/aromatic N) is 1. The molecule has 1 rings (SSSR count). The maximum Gasteiger partial charge on any atom is 0.310 e. The summed E-state index contributed by atoms with van der Waals surface area (Å²) in [7, 11) is 1.66. The summed E-state index contributed by atoms with van der Waals surface area (Å²) in [6.07, 6.45) is 2.00. The largest absolute Gasteiger partial charge is 0.466 e. The van der Waals surface area contributed by atoms with Gasteiger partial charge >= 0.3 is 5.97 Å². The van der Waals surface area contributed by atoms with E-state index >= 15 is 0 Å². The fourth-order valence-electron chi connectivity index (χ4n) is 2.15. The Morgan fingerprint density at radius 2 is 2.17 bits per heavy atom. The van der Waals surface area contributed by atoms with Gasteiger partial charge in [0.05, 0.1) is 32.3 Å². The molecule has 0 aromatic heterocycles. The molecular weight excluding hydrogens is 234 g/mol. The first-order valence-electron chi connectivity index (χ1n) is 6.73. The van der Waals surface area contributed by atoms with Crippen LogP contribution in [0.4, 0.5) is 0 Å². The van der Waals surface area contributed by atoms with Gasteiger partial charge in [0.2, 0.25) is 0 Å². The molecule has 0 spiro atoms. The third-order valence-electron chi connectivity index (χ3n) is 3.11. The van der Waals surface area contributed by atoms with Gasteiger partial charge in [0.15, 0.2) is 0 Å². The molecule has 1 fully saturated rings. The molecule has 1 atom stereocenters. The molecule has 106 valence electrons. The molecule has 1 aliphatic rings. The third kappa shape index (κ3) is 5.80. The molecule has 0 aromatic carbocycles. The van der Waals surface area contributed by atoms with E-state index in [1.54, 1.807) is 7.11 Å². The van der Waals surface area contributed by atoms with Crippen molar-refractivity contribution in [2.75, 3.05) is 53.2 Å². The van der Waals surface area contributed by atoms with Crippen molar-refractivity contribution in [2.45, 2.75) is 19.8 Å². The summed E-state index contributed by atoms with van der Waals surface area (Å²) in [6, 6.07) is 0. The molecule has 5 nitrogen and oxygen atoms in total. The molecule has 0 N–H and O–H groups in total. The Balaban J connectivity index is 2.16. The van der Waals surface area contributed by atoms with E-state index in [1.165, 1.54) is 0 Å². The van der Waals surface area contributed by atoms with Crippen LogP contribution in [0.5, 0.6) is 0 Å². The van der Waals surface area contributed by atoms with Crippen LogP contribution in [-0.4, -0.2) is 64.0 Å². The van der Waals surface area contributed by atoms with Crippen molar-refractivity contribution < 1.29 is 19.0 Å². The van der Waals surface area contributed by atoms with Gasteiger partial charge in [-0.1, -0.05) is 0 Å². The summed E-state index contributed by atoms with van der Waals surface area (Å²) >= 11 is 0. The minimum absolute atomic E-state index is 0.0395. The molecule has 1 heterocycles. The number of hydrogen-bond acceptors (Lipinski definition) is 5. The van der Waals surface area contributed by atoms with E-state index in [2.05, 4.69) is 4.90 Å². The van der Waals surface area contributed by atoms with Crippen LogP contribution in [0, 0.1) is 5.92 Å². The highest BCUT2D eigenvalue weighted by Crippen LogP contribution is 2.17. The lowest BCUT2D eigenvalue weighted by molar-refractivity contribution is -0.150. The van der Waals surface area contributed by atoms with Gasteiger partial charge in [-0.3, -0.25) is 4.79 Å². The lowest BCUT2D eigenvalue weighted by Gasteiger charge is -2.31. The van der Waals surface area contributed by atoms with E-state index in [0.717, 1.165) is 32.5 Å². The van der Waals surface area contributed by atoms with E-state index in [1.807, 2.05) is 6.92 Å². The van der Waals surface area contributed by atoms with E-state index < -0.39 is 0 Å². The predicted octanol–water partition coefficient (Wildman–Crippen LogP) is 0.925. The van der Waals surface area contributed by atoms with Crippen molar-refractivity contribution in [2.24, 2.45) is 5.92 Å². The highest BCUT2D eigenvalue weighted by Gasteiger charge is 2.26. The van der Waals surface area contributed by atoms with E-state index in [0.29, 0.717) is 26.4 Å². The zero-order valence-electron chi connectivity index (χ0n) is 11.5. The van der Waals surface area contributed by atoms with Gasteiger partial charge in [-0.05, 0) is 26.3 Å². The SMILES string of the molecule is CCOC(=O)C1CCCN(CCOCCOC)C1. The van der Waals surface area contributed by atoms with Gasteiger partial charge in [-0.15, -0.1) is 0 Å². The minimum Gasteiger partial charge on any atom is -0.466 e. The van der Waals surface area contributed by atoms with Crippen LogP contribution < -0.4 is 0 Å². The summed E-state index contributed by atoms with van der Waals surface area (Å²) in [5.41, 5.74) is 0. The number of carbonyl (C=O) groups excluding carboxylic acids is 1. The first kappa shape index (κ1) is 15.4. The fourth-order valence-corrected chi connectivity index (χ4v) is 2.15. The first-order chi connectivity index (χ1) is 8.77. The first-order valence-corrected chi connectivity index (χ1v) is 6.73. The Morgan fingerprint density at radius 3 is 2.89 bits per heavy atom. The van der Waals surface area contributed by atoms with Crippen molar-refractivity contribution in [3.05, 3.63) is 0 Å². The number of hydrogen-bond donors (Lipinski definition) is 0. The summed E-state index contributed by atoms with van der Waals surface area (Å²) in [6.45, 7) is 6.99. The molecule has 0 saturated carbocycles. The average molecular weight is 259 g/mol. The van der Waals surface area contributed by atoms with Crippen molar-refractivity contribution in [3.8, 4) is 0 Å². The summed E-state index contributed by atoms with van der Waals surface area (Å²) in [5.74, 6) is -0.0137. The zero-order chi connectivity index (χ0) is 13.2. The van der Waals surface area contributed by atoms with Gasteiger partial charge in [0.25, 0.3) is 0 Å². The molecule has 0 aromatic rings. The second kappa shape index (κ2) is 9.30. The second-order valence-electron chi connectivity index (χ2n) is 4.50. The predicted molar refractivity (Wildman–Crippen MR) is 68.5 cm³/mol. The molecule has 1 aliphatic heterocycles. The molecule has 18 heavy (non-hydrogen) atoms. The lowest BCUT2D eigenvalue weighted by atomic mass is 9.98. The number of carbonyl (C=O) groups is 1. The molecule has 1 unspecified atom stereocenters. The Hall–Kier alpha value is -0.650. The minimum atomic E-state index is -0.0532. The number of ether oxygens (including phenoxy) is 3. The quantitative estimate of drug-likeness (QED) is 0.479. The molecular formula is C13H25NO4. The van der Waals surface area contributed by atoms with Gasteiger partial charge < -0.3 is 19.1 Å². The molecule has 0 bridgehead atoms. The van der Waals surface area contributed by atoms with Crippen molar-refractivity contribution >= 4 is 5.97 Å². The Labute approximate surface area is 109 Å². The third-order valence-corrected chi connectivity index (χ3v) is 3.11. The molecule has 5 heteroatoms. The summed E-state index contributed by atoms with van der Waals surface area (Å²) in [5, 5.41) is 0. The van der Waals surface area contributed by atoms with Gasteiger partial charge in [-0.2, -0.15) is 0 Å². The monoisotopic (exact) mass is 259 g/mol. The highest BCUT2D eigenvalue weighted by atomic mass is 16.5. The topological polar surface area (TPSA) is 48.0 Å². The zero-order valence-corrected chi connectivity index (χ0v) is 11.5. The van der Waals surface area contributed by atoms with Crippen LogP contribution in [0.25, 0.3) is 0 Å². The standard InChI is InChI=1S/C13H25NO4/c1-3-18-13(15)12-5-4-6-14(11-12)7-8-17-10-9-16-2/h12H,3-11H2,1-2H3. The average Bonchev–Trinajstić information content (AvgIpc) is 2.39. The van der Waals surface area contributed by atoms with Crippen LogP contribution in [0.2, 0.25) is 0 Å². The number of likely N-dealkylation sites (tertiary alicyclic amines) is 1. The molecule has 1 saturated heterocycles. The number of methoxy groups -OCH3 is 1. The smallest absolute Gasteiger partial charge is 0.310 e. The van der Waals surface area contributed by atoms with Crippen LogP contribution in [0.1, 0.15) is 19.8 Å². The van der Waals surface area contributed by atoms with Gasteiger partial charge in [-0.25, -0.2) is 0 Å². The number of rotatable bonds is 8. The summed E-state index contributed by atoms with van der Waals surface area (Å²) in [4.78, 5) is 13.9.